The monoisotopic (exact) mass is 261 g/mol. The summed E-state index contributed by atoms with van der Waals surface area (Å²) in [6.07, 6.45) is 0.871. The van der Waals surface area contributed by atoms with Crippen LogP contribution in [0, 0.1) is 0 Å². The summed E-state index contributed by atoms with van der Waals surface area (Å²) in [6.45, 7) is 1.43. The van der Waals surface area contributed by atoms with Crippen LogP contribution in [0.25, 0.3) is 0 Å². The maximum absolute atomic E-state index is 11.6. The Morgan fingerprint density at radius 1 is 1.58 bits per heavy atom. The average molecular weight is 261 g/mol. The number of piperazine rings is 1. The van der Waals surface area contributed by atoms with E-state index < -0.39 is 5.97 Å². The lowest BCUT2D eigenvalue weighted by atomic mass is 10.2. The molecule has 1 aromatic heterocycles. The molecule has 19 heavy (non-hydrogen) atoms. The van der Waals surface area contributed by atoms with Gasteiger partial charge < -0.3 is 10.1 Å². The van der Waals surface area contributed by atoms with Gasteiger partial charge in [0, 0.05) is 19.1 Å². The first-order valence-electron chi connectivity index (χ1n) is 6.26. The molecule has 1 aromatic rings. The minimum absolute atomic E-state index is 0.0476. The molecule has 3 heterocycles. The molecular weight excluding hydrogens is 246 g/mol. The molecule has 2 aliphatic rings. The van der Waals surface area contributed by atoms with Gasteiger partial charge in [-0.2, -0.15) is 0 Å². The molecule has 0 aliphatic carbocycles. The van der Waals surface area contributed by atoms with Crippen molar-refractivity contribution in [2.24, 2.45) is 0 Å². The molecule has 0 unspecified atom stereocenters. The van der Waals surface area contributed by atoms with E-state index in [1.54, 1.807) is 12.1 Å². The first kappa shape index (κ1) is 12.1. The van der Waals surface area contributed by atoms with Crippen molar-refractivity contribution in [2.75, 3.05) is 13.7 Å². The maximum Gasteiger partial charge on any atom is 0.356 e. The Bertz CT molecular complexity index is 532. The Hall–Kier alpha value is -1.95. The van der Waals surface area contributed by atoms with Gasteiger partial charge in [-0.1, -0.05) is 6.07 Å². The summed E-state index contributed by atoms with van der Waals surface area (Å²) in [4.78, 5) is 29.4. The van der Waals surface area contributed by atoms with Crippen molar-refractivity contribution in [3.05, 3.63) is 29.6 Å². The molecule has 2 saturated heterocycles. The van der Waals surface area contributed by atoms with Crippen molar-refractivity contribution < 1.29 is 14.3 Å². The summed E-state index contributed by atoms with van der Waals surface area (Å²) in [7, 11) is 1.33. The van der Waals surface area contributed by atoms with Crippen LogP contribution in [0.5, 0.6) is 0 Å². The van der Waals surface area contributed by atoms with Gasteiger partial charge in [0.2, 0.25) is 5.91 Å². The zero-order valence-electron chi connectivity index (χ0n) is 10.6. The molecule has 2 aliphatic heterocycles. The van der Waals surface area contributed by atoms with Crippen LogP contribution in [0.1, 0.15) is 22.6 Å². The molecule has 2 bridgehead atoms. The van der Waals surface area contributed by atoms with Gasteiger partial charge in [0.05, 0.1) is 18.8 Å². The van der Waals surface area contributed by atoms with E-state index in [1.165, 1.54) is 7.11 Å². The van der Waals surface area contributed by atoms with Crippen LogP contribution in [-0.4, -0.2) is 47.5 Å². The lowest BCUT2D eigenvalue weighted by Gasteiger charge is -2.25. The summed E-state index contributed by atoms with van der Waals surface area (Å²) >= 11 is 0. The summed E-state index contributed by atoms with van der Waals surface area (Å²) in [6, 6.07) is 5.48. The number of ether oxygens (including phenoxy) is 1. The lowest BCUT2D eigenvalue weighted by molar-refractivity contribution is -0.125. The lowest BCUT2D eigenvalue weighted by Crippen LogP contribution is -2.47. The second-order valence-electron chi connectivity index (χ2n) is 4.89. The van der Waals surface area contributed by atoms with Crippen LogP contribution in [-0.2, 0) is 16.1 Å². The highest BCUT2D eigenvalue weighted by atomic mass is 16.5. The van der Waals surface area contributed by atoms with Crippen molar-refractivity contribution >= 4 is 11.9 Å². The Balaban J connectivity index is 1.74. The van der Waals surface area contributed by atoms with Crippen LogP contribution in [0.15, 0.2) is 18.2 Å². The van der Waals surface area contributed by atoms with Gasteiger partial charge in [-0.3, -0.25) is 9.69 Å². The molecule has 0 radical (unpaired) electrons. The standard InChI is InChI=1S/C13H15N3O3/c1-19-13(18)10-4-2-3-8(14-10)6-16-7-9-5-11(16)12(17)15-9/h2-4,9,11H,5-7H2,1H3,(H,15,17)/t9-,11-/m0/s1. The van der Waals surface area contributed by atoms with Crippen molar-refractivity contribution in [2.45, 2.75) is 25.0 Å². The second-order valence-corrected chi connectivity index (χ2v) is 4.89. The number of pyridine rings is 1. The fourth-order valence-corrected chi connectivity index (χ4v) is 2.75. The van der Waals surface area contributed by atoms with E-state index in [1.807, 2.05) is 6.07 Å². The second kappa shape index (κ2) is 4.62. The molecule has 0 saturated carbocycles. The fourth-order valence-electron chi connectivity index (χ4n) is 2.75. The van der Waals surface area contributed by atoms with Gasteiger partial charge in [-0.15, -0.1) is 0 Å². The van der Waals surface area contributed by atoms with E-state index in [9.17, 15) is 9.59 Å². The van der Waals surface area contributed by atoms with Crippen LogP contribution in [0.2, 0.25) is 0 Å². The van der Waals surface area contributed by atoms with Crippen molar-refractivity contribution in [1.29, 1.82) is 0 Å². The molecular formula is C13H15N3O3. The molecule has 1 N–H and O–H groups in total. The van der Waals surface area contributed by atoms with E-state index >= 15 is 0 Å². The Morgan fingerprint density at radius 2 is 2.42 bits per heavy atom. The number of amides is 1. The van der Waals surface area contributed by atoms with Crippen molar-refractivity contribution in [3.63, 3.8) is 0 Å². The normalized spacial score (nSPS) is 25.4. The van der Waals surface area contributed by atoms with E-state index in [-0.39, 0.29) is 18.0 Å². The number of nitrogens with one attached hydrogen (secondary N) is 1. The molecule has 6 heteroatoms. The van der Waals surface area contributed by atoms with Gasteiger partial charge in [0.15, 0.2) is 0 Å². The number of carbonyl (C=O) groups is 2. The van der Waals surface area contributed by atoms with Gasteiger partial charge in [0.1, 0.15) is 5.69 Å². The Labute approximate surface area is 110 Å². The van der Waals surface area contributed by atoms with E-state index in [4.69, 9.17) is 0 Å². The molecule has 2 fully saturated rings. The number of fused-ring (bicyclic) bond motifs is 2. The highest BCUT2D eigenvalue weighted by Gasteiger charge is 2.43. The summed E-state index contributed by atoms with van der Waals surface area (Å²) in [5.41, 5.74) is 1.08. The van der Waals surface area contributed by atoms with Crippen molar-refractivity contribution in [1.82, 2.24) is 15.2 Å². The maximum atomic E-state index is 11.6. The fraction of sp³-hybridized carbons (Fsp3) is 0.462. The molecule has 2 atom stereocenters. The number of hydrogen-bond donors (Lipinski definition) is 1. The van der Waals surface area contributed by atoms with Gasteiger partial charge >= 0.3 is 5.97 Å². The molecule has 6 nitrogen and oxygen atoms in total. The molecule has 0 spiro atoms. The first-order valence-corrected chi connectivity index (χ1v) is 6.26. The minimum atomic E-state index is -0.442. The number of esters is 1. The van der Waals surface area contributed by atoms with E-state index in [0.717, 1.165) is 18.7 Å². The third-order valence-electron chi connectivity index (χ3n) is 3.62. The number of rotatable bonds is 3. The highest BCUT2D eigenvalue weighted by molar-refractivity contribution is 5.87. The molecule has 3 rings (SSSR count). The summed E-state index contributed by atoms with van der Waals surface area (Å²) < 4.78 is 4.65. The van der Waals surface area contributed by atoms with Gasteiger partial charge in [-0.05, 0) is 18.6 Å². The van der Waals surface area contributed by atoms with Crippen molar-refractivity contribution in [3.8, 4) is 0 Å². The highest BCUT2D eigenvalue weighted by Crippen LogP contribution is 2.25. The third kappa shape index (κ3) is 2.19. The number of aromatic nitrogens is 1. The average Bonchev–Trinajstić information content (AvgIpc) is 2.96. The largest absolute Gasteiger partial charge is 0.464 e. The zero-order valence-corrected chi connectivity index (χ0v) is 10.6. The predicted octanol–water partition coefficient (Wildman–Crippen LogP) is -0.0591. The Morgan fingerprint density at radius 3 is 3.11 bits per heavy atom. The summed E-state index contributed by atoms with van der Waals surface area (Å²) in [5, 5.41) is 2.93. The third-order valence-corrected chi connectivity index (χ3v) is 3.62. The molecule has 1 amide bonds. The first-order chi connectivity index (χ1) is 9.17. The minimum Gasteiger partial charge on any atom is -0.464 e. The SMILES string of the molecule is COC(=O)c1cccc(CN2C[C@@H]3C[C@H]2C(=O)N3)n1. The number of hydrogen-bond acceptors (Lipinski definition) is 5. The number of carbonyl (C=O) groups excluding carboxylic acids is 2. The van der Waals surface area contributed by atoms with Crippen LogP contribution < -0.4 is 5.32 Å². The molecule has 100 valence electrons. The quantitative estimate of drug-likeness (QED) is 0.772. The smallest absolute Gasteiger partial charge is 0.356 e. The number of nitrogens with zero attached hydrogens (tertiary/aromatic N) is 2. The molecule has 0 aromatic carbocycles. The van der Waals surface area contributed by atoms with E-state index in [2.05, 4.69) is 19.9 Å². The zero-order chi connectivity index (χ0) is 13.4. The van der Waals surface area contributed by atoms with Crippen LogP contribution >= 0.6 is 0 Å². The van der Waals surface area contributed by atoms with Crippen LogP contribution in [0.3, 0.4) is 0 Å². The number of methoxy groups -OCH3 is 1. The van der Waals surface area contributed by atoms with Gasteiger partial charge in [-0.25, -0.2) is 9.78 Å². The number of likely N-dealkylation sites (tertiary alicyclic amines) is 1. The Kier molecular flexibility index (Phi) is 2.94. The predicted molar refractivity (Wildman–Crippen MR) is 66.3 cm³/mol. The summed E-state index contributed by atoms with van der Waals surface area (Å²) in [5.74, 6) is -0.345. The topological polar surface area (TPSA) is 71.5 Å². The van der Waals surface area contributed by atoms with Gasteiger partial charge in [0.25, 0.3) is 0 Å². The van der Waals surface area contributed by atoms with E-state index in [0.29, 0.717) is 12.2 Å². The van der Waals surface area contributed by atoms with Crippen LogP contribution in [0.4, 0.5) is 0 Å².